The molecule has 5 nitrogen and oxygen atoms in total. The lowest BCUT2D eigenvalue weighted by atomic mass is 9.97. The number of aryl methyl sites for hydroxylation is 1. The summed E-state index contributed by atoms with van der Waals surface area (Å²) in [6.45, 7) is 17.8. The van der Waals surface area contributed by atoms with Crippen LogP contribution in [0.25, 0.3) is 98.1 Å². The molecule has 0 saturated carbocycles. The van der Waals surface area contributed by atoms with Gasteiger partial charge in [0.15, 0.2) is 11.4 Å². The van der Waals surface area contributed by atoms with Crippen molar-refractivity contribution >= 4 is 55.0 Å². The summed E-state index contributed by atoms with van der Waals surface area (Å²) >= 11 is 0. The molecular weight excluding hydrogens is 695 g/mol. The van der Waals surface area contributed by atoms with Crippen LogP contribution in [0.5, 0.6) is 0 Å². The van der Waals surface area contributed by atoms with Crippen LogP contribution < -0.4 is 0 Å². The molecule has 2 heterocycles. The van der Waals surface area contributed by atoms with Crippen molar-refractivity contribution in [3.63, 3.8) is 0 Å². The molecule has 0 atom stereocenters. The lowest BCUT2D eigenvalue weighted by Crippen LogP contribution is -2.05. The van der Waals surface area contributed by atoms with E-state index in [-0.39, 0.29) is 0 Å². The predicted molar refractivity (Wildman–Crippen MR) is 233 cm³/mol. The number of hydrogen-bond acceptors (Lipinski definition) is 1. The first kappa shape index (κ1) is 33.4. The average Bonchev–Trinajstić information content (AvgIpc) is 3.78. The molecule has 0 aliphatic heterocycles. The van der Waals surface area contributed by atoms with E-state index in [9.17, 15) is 5.26 Å². The van der Waals surface area contributed by atoms with Crippen molar-refractivity contribution in [2.45, 2.75) is 6.92 Å². The zero-order chi connectivity index (χ0) is 38.6. The minimum absolute atomic E-state index is 0.611. The van der Waals surface area contributed by atoms with Gasteiger partial charge < -0.3 is 9.13 Å². The smallest absolute Gasteiger partial charge is 0.194 e. The second-order valence-electron chi connectivity index (χ2n) is 14.3. The van der Waals surface area contributed by atoms with Crippen LogP contribution in [0.1, 0.15) is 11.1 Å². The summed E-state index contributed by atoms with van der Waals surface area (Å²) in [4.78, 5) is 7.66. The van der Waals surface area contributed by atoms with Crippen molar-refractivity contribution in [1.82, 2.24) is 9.13 Å². The minimum Gasteiger partial charge on any atom is -0.307 e. The monoisotopic (exact) mass is 725 g/mol. The van der Waals surface area contributed by atoms with Crippen molar-refractivity contribution < 1.29 is 0 Å². The van der Waals surface area contributed by atoms with E-state index in [1.807, 2.05) is 66.7 Å². The van der Waals surface area contributed by atoms with Gasteiger partial charge in [0.2, 0.25) is 0 Å². The maximum absolute atomic E-state index is 9.86. The Morgan fingerprint density at radius 3 is 1.46 bits per heavy atom. The zero-order valence-corrected chi connectivity index (χ0v) is 30.9. The quantitative estimate of drug-likeness (QED) is 0.163. The highest BCUT2D eigenvalue weighted by molar-refractivity contribution is 6.13. The molecule has 10 rings (SSSR count). The summed E-state index contributed by atoms with van der Waals surface area (Å²) in [5.74, 6) is 0. The largest absolute Gasteiger partial charge is 0.307 e. The molecule has 0 unspecified atom stereocenters. The third-order valence-electron chi connectivity index (χ3n) is 11.1. The number of rotatable bonds is 5. The molecule has 0 amide bonds. The Morgan fingerprint density at radius 1 is 0.439 bits per heavy atom. The van der Waals surface area contributed by atoms with Crippen molar-refractivity contribution in [2.75, 3.05) is 0 Å². The first-order valence-corrected chi connectivity index (χ1v) is 18.7. The van der Waals surface area contributed by atoms with Crippen molar-refractivity contribution in [3.8, 4) is 50.8 Å². The molecule has 8 aromatic carbocycles. The van der Waals surface area contributed by atoms with Gasteiger partial charge in [0.25, 0.3) is 0 Å². The van der Waals surface area contributed by atoms with Gasteiger partial charge in [-0.1, -0.05) is 109 Å². The van der Waals surface area contributed by atoms with E-state index < -0.39 is 0 Å². The molecule has 0 radical (unpaired) electrons. The highest BCUT2D eigenvalue weighted by atomic mass is 15.1. The zero-order valence-electron chi connectivity index (χ0n) is 30.9. The van der Waals surface area contributed by atoms with E-state index in [1.165, 1.54) is 0 Å². The van der Waals surface area contributed by atoms with Gasteiger partial charge in [-0.15, -0.1) is 0 Å². The van der Waals surface area contributed by atoms with E-state index in [4.69, 9.17) is 13.1 Å². The van der Waals surface area contributed by atoms with E-state index in [2.05, 4.69) is 135 Å². The second-order valence-corrected chi connectivity index (χ2v) is 14.3. The summed E-state index contributed by atoms with van der Waals surface area (Å²) < 4.78 is 4.73. The number of fused-ring (bicyclic) bond motifs is 6. The normalized spacial score (nSPS) is 11.2. The third kappa shape index (κ3) is 5.29. The van der Waals surface area contributed by atoms with Crippen LogP contribution in [0.4, 0.5) is 11.4 Å². The lowest BCUT2D eigenvalue weighted by molar-refractivity contribution is 1.09. The van der Waals surface area contributed by atoms with Crippen LogP contribution in [-0.2, 0) is 0 Å². The lowest BCUT2D eigenvalue weighted by Gasteiger charge is -2.20. The number of nitrogens with zero attached hydrogens (tertiary/aromatic N) is 5. The topological polar surface area (TPSA) is 42.4 Å². The Morgan fingerprint density at radius 2 is 0.912 bits per heavy atom. The van der Waals surface area contributed by atoms with Crippen LogP contribution in [0.2, 0.25) is 0 Å². The summed E-state index contributed by atoms with van der Waals surface area (Å²) in [5.41, 5.74) is 15.0. The van der Waals surface area contributed by atoms with Gasteiger partial charge in [-0.25, -0.2) is 9.69 Å². The number of para-hydroxylation sites is 4. The first-order valence-electron chi connectivity index (χ1n) is 18.7. The molecular formula is C52H31N5. The molecule has 0 N–H and O–H groups in total. The van der Waals surface area contributed by atoms with E-state index in [0.29, 0.717) is 16.9 Å². The summed E-state index contributed by atoms with van der Waals surface area (Å²) in [6, 6.07) is 60.3. The minimum atomic E-state index is 0.611. The van der Waals surface area contributed by atoms with Gasteiger partial charge in [-0.3, -0.25) is 0 Å². The van der Waals surface area contributed by atoms with Crippen LogP contribution in [-0.4, -0.2) is 9.13 Å². The maximum atomic E-state index is 9.86. The Hall–Kier alpha value is -8.17. The molecule has 0 aliphatic rings. The Kier molecular flexibility index (Phi) is 7.79. The molecule has 5 heteroatoms. The van der Waals surface area contributed by atoms with Crippen LogP contribution in [0.3, 0.4) is 0 Å². The molecule has 57 heavy (non-hydrogen) atoms. The summed E-state index contributed by atoms with van der Waals surface area (Å²) in [6.07, 6.45) is 0. The van der Waals surface area contributed by atoms with E-state index in [1.54, 1.807) is 0 Å². The van der Waals surface area contributed by atoms with Gasteiger partial charge in [-0.05, 0) is 107 Å². The van der Waals surface area contributed by atoms with Gasteiger partial charge >= 0.3 is 0 Å². The summed E-state index contributed by atoms with van der Waals surface area (Å²) in [5, 5.41) is 14.3. The molecule has 10 aromatic rings. The fraction of sp³-hybridized carbons (Fsp3) is 0.0192. The fourth-order valence-electron chi connectivity index (χ4n) is 8.54. The molecule has 0 saturated heterocycles. The van der Waals surface area contributed by atoms with Gasteiger partial charge in [0.1, 0.15) is 0 Å². The fourth-order valence-corrected chi connectivity index (χ4v) is 8.54. The van der Waals surface area contributed by atoms with Crippen molar-refractivity contribution in [1.29, 1.82) is 5.26 Å². The highest BCUT2D eigenvalue weighted by Crippen LogP contribution is 2.43. The predicted octanol–water partition coefficient (Wildman–Crippen LogP) is 14.2. The number of aromatic nitrogens is 2. The SMILES string of the molecule is [C-]#[N+]c1ccccc1-c1ccc2c(c1)c1ccccc1n2-c1cc(C)c(-c2cccc(C#N)c2)cc1-n1c2ccccc2c2cc(-c3ccccc3[N+]#[C-])ccc21. The maximum Gasteiger partial charge on any atom is 0.194 e. The molecule has 0 aliphatic carbocycles. The second kappa shape index (κ2) is 13.3. The number of nitriles is 1. The number of hydrogen-bond donors (Lipinski definition) is 0. The van der Waals surface area contributed by atoms with Crippen molar-refractivity contribution in [3.05, 3.63) is 204 Å². The Bertz CT molecular complexity index is 3410. The first-order chi connectivity index (χ1) is 28.1. The highest BCUT2D eigenvalue weighted by Gasteiger charge is 2.22. The standard InChI is InChI=1S/C52H31N5/c1-33-27-51(56-47-21-10-6-17-40(47)43-29-36(23-25-49(43)56)38-15-4-8-19-45(38)54-2)52(31-42(33)35-14-12-13-34(28-35)32-53)57-48-22-11-7-18-41(48)44-30-37(24-26-50(44)57)39-16-5-9-20-46(39)55-3/h4-31H,1H3. The van der Waals surface area contributed by atoms with Gasteiger partial charge in [0, 0.05) is 21.5 Å². The molecule has 0 fully saturated rings. The molecule has 2 aromatic heterocycles. The number of benzene rings is 8. The van der Waals surface area contributed by atoms with E-state index in [0.717, 1.165) is 93.9 Å². The van der Waals surface area contributed by atoms with Crippen LogP contribution >= 0.6 is 0 Å². The molecule has 0 bridgehead atoms. The molecule has 264 valence electrons. The van der Waals surface area contributed by atoms with Crippen LogP contribution in [0, 0.1) is 31.4 Å². The Labute approximate surface area is 329 Å². The van der Waals surface area contributed by atoms with Gasteiger partial charge in [-0.2, -0.15) is 5.26 Å². The third-order valence-corrected chi connectivity index (χ3v) is 11.1. The Balaban J connectivity index is 1.31. The average molecular weight is 726 g/mol. The van der Waals surface area contributed by atoms with Crippen molar-refractivity contribution in [2.24, 2.45) is 0 Å². The van der Waals surface area contributed by atoms with Crippen LogP contribution in [0.15, 0.2) is 170 Å². The summed E-state index contributed by atoms with van der Waals surface area (Å²) in [7, 11) is 0. The van der Waals surface area contributed by atoms with E-state index >= 15 is 0 Å². The van der Waals surface area contributed by atoms with Gasteiger partial charge in [0.05, 0.1) is 58.2 Å². The molecule has 0 spiro atoms.